The van der Waals surface area contributed by atoms with Crippen molar-refractivity contribution in [1.29, 1.82) is 0 Å². The molecule has 0 radical (unpaired) electrons. The lowest BCUT2D eigenvalue weighted by atomic mass is 10.3. The summed E-state index contributed by atoms with van der Waals surface area (Å²) in [4.78, 5) is 7.02. The van der Waals surface area contributed by atoms with Crippen LogP contribution in [0.3, 0.4) is 0 Å². The third kappa shape index (κ3) is 10.4. The van der Waals surface area contributed by atoms with Crippen molar-refractivity contribution in [3.05, 3.63) is 30.1 Å². The van der Waals surface area contributed by atoms with Crippen LogP contribution in [-0.2, 0) is 4.74 Å². The Morgan fingerprint density at radius 1 is 1.29 bits per heavy atom. The summed E-state index contributed by atoms with van der Waals surface area (Å²) in [6.07, 6.45) is 2.12. The SMILES string of the molecule is CCNC(=NCC(C)Oc1cccc(F)c1)NCCCCN1CCOCC1.I. The standard InChI is InChI=1S/C20H33FN4O2.HI/c1-3-22-20(23-9-4-5-10-25-11-13-26-14-12-25)24-16-17(2)27-19-8-6-7-18(21)15-19;/h6-8,15,17H,3-5,9-14,16H2,1-2H3,(H2,22,23,24);1H. The first kappa shape index (κ1) is 24.9. The number of nitrogens with one attached hydrogen (secondary N) is 2. The first-order chi connectivity index (χ1) is 13.2. The van der Waals surface area contributed by atoms with E-state index >= 15 is 0 Å². The Bertz CT molecular complexity index is 571. The highest BCUT2D eigenvalue weighted by Crippen LogP contribution is 2.13. The first-order valence-electron chi connectivity index (χ1n) is 9.92. The summed E-state index contributed by atoms with van der Waals surface area (Å²) in [6, 6.07) is 6.18. The molecule has 160 valence electrons. The summed E-state index contributed by atoms with van der Waals surface area (Å²) in [7, 11) is 0. The quantitative estimate of drug-likeness (QED) is 0.220. The largest absolute Gasteiger partial charge is 0.489 e. The summed E-state index contributed by atoms with van der Waals surface area (Å²) in [5, 5.41) is 6.61. The van der Waals surface area contributed by atoms with Gasteiger partial charge in [-0.05, 0) is 45.4 Å². The van der Waals surface area contributed by atoms with Crippen molar-refractivity contribution >= 4 is 29.9 Å². The first-order valence-corrected chi connectivity index (χ1v) is 9.92. The molecule has 6 nitrogen and oxygen atoms in total. The van der Waals surface area contributed by atoms with Crippen molar-refractivity contribution in [2.45, 2.75) is 32.8 Å². The van der Waals surface area contributed by atoms with Gasteiger partial charge in [-0.15, -0.1) is 24.0 Å². The molecule has 1 aromatic rings. The van der Waals surface area contributed by atoms with E-state index in [1.165, 1.54) is 12.1 Å². The van der Waals surface area contributed by atoms with E-state index in [4.69, 9.17) is 9.47 Å². The number of hydrogen-bond acceptors (Lipinski definition) is 4. The second kappa shape index (κ2) is 14.8. The lowest BCUT2D eigenvalue weighted by Crippen LogP contribution is -2.39. The van der Waals surface area contributed by atoms with Crippen LogP contribution in [0.2, 0.25) is 0 Å². The Morgan fingerprint density at radius 2 is 2.07 bits per heavy atom. The van der Waals surface area contributed by atoms with Crippen LogP contribution in [0, 0.1) is 5.82 Å². The molecule has 28 heavy (non-hydrogen) atoms. The highest BCUT2D eigenvalue weighted by atomic mass is 127. The Hall–Kier alpha value is -1.13. The van der Waals surface area contributed by atoms with Crippen LogP contribution < -0.4 is 15.4 Å². The van der Waals surface area contributed by atoms with Gasteiger partial charge in [0.05, 0.1) is 19.8 Å². The van der Waals surface area contributed by atoms with Gasteiger partial charge in [-0.25, -0.2) is 9.38 Å². The number of aliphatic imine (C=N–C) groups is 1. The number of unbranched alkanes of at least 4 members (excludes halogenated alkanes) is 1. The van der Waals surface area contributed by atoms with Gasteiger partial charge in [-0.3, -0.25) is 4.90 Å². The highest BCUT2D eigenvalue weighted by molar-refractivity contribution is 14.0. The molecule has 0 bridgehead atoms. The smallest absolute Gasteiger partial charge is 0.191 e. The highest BCUT2D eigenvalue weighted by Gasteiger charge is 2.09. The van der Waals surface area contributed by atoms with Gasteiger partial charge in [0.25, 0.3) is 0 Å². The molecule has 1 heterocycles. The fourth-order valence-corrected chi connectivity index (χ4v) is 2.86. The van der Waals surface area contributed by atoms with Gasteiger partial charge < -0.3 is 20.1 Å². The molecule has 1 unspecified atom stereocenters. The van der Waals surface area contributed by atoms with Crippen molar-refractivity contribution in [3.63, 3.8) is 0 Å². The zero-order valence-corrected chi connectivity index (χ0v) is 19.3. The Kier molecular flexibility index (Phi) is 13.2. The van der Waals surface area contributed by atoms with Crippen LogP contribution in [0.25, 0.3) is 0 Å². The normalized spacial score (nSPS) is 16.2. The molecule has 1 aromatic carbocycles. The number of nitrogens with zero attached hydrogens (tertiary/aromatic N) is 2. The van der Waals surface area contributed by atoms with Gasteiger partial charge >= 0.3 is 0 Å². The maximum Gasteiger partial charge on any atom is 0.191 e. The molecule has 0 amide bonds. The van der Waals surface area contributed by atoms with E-state index in [9.17, 15) is 4.39 Å². The minimum atomic E-state index is -0.296. The van der Waals surface area contributed by atoms with E-state index in [0.29, 0.717) is 12.3 Å². The molecule has 2 rings (SSSR count). The van der Waals surface area contributed by atoms with Crippen molar-refractivity contribution in [2.24, 2.45) is 4.99 Å². The van der Waals surface area contributed by atoms with Gasteiger partial charge in [0, 0.05) is 32.2 Å². The summed E-state index contributed by atoms with van der Waals surface area (Å²) in [6.45, 7) is 11.1. The minimum absolute atomic E-state index is 0. The van der Waals surface area contributed by atoms with Crippen LogP contribution in [0.1, 0.15) is 26.7 Å². The second-order valence-electron chi connectivity index (χ2n) is 6.69. The van der Waals surface area contributed by atoms with E-state index < -0.39 is 0 Å². The number of ether oxygens (including phenoxy) is 2. The molecule has 1 atom stereocenters. The van der Waals surface area contributed by atoms with Gasteiger partial charge in [0.2, 0.25) is 0 Å². The minimum Gasteiger partial charge on any atom is -0.489 e. The number of halogens is 2. The van der Waals surface area contributed by atoms with E-state index in [0.717, 1.165) is 64.7 Å². The summed E-state index contributed by atoms with van der Waals surface area (Å²) < 4.78 is 24.3. The predicted molar refractivity (Wildman–Crippen MR) is 122 cm³/mol. The number of morpholine rings is 1. The van der Waals surface area contributed by atoms with Crippen LogP contribution in [0.4, 0.5) is 4.39 Å². The fourth-order valence-electron chi connectivity index (χ4n) is 2.86. The zero-order valence-electron chi connectivity index (χ0n) is 17.0. The molecule has 1 saturated heterocycles. The van der Waals surface area contributed by atoms with Crippen LogP contribution in [-0.4, -0.2) is 69.4 Å². The van der Waals surface area contributed by atoms with E-state index in [1.54, 1.807) is 12.1 Å². The average Bonchev–Trinajstić information content (AvgIpc) is 2.66. The molecular weight excluding hydrogens is 474 g/mol. The van der Waals surface area contributed by atoms with Crippen molar-refractivity contribution < 1.29 is 13.9 Å². The van der Waals surface area contributed by atoms with Gasteiger partial charge in [-0.1, -0.05) is 6.07 Å². The predicted octanol–water partition coefficient (Wildman–Crippen LogP) is 2.88. The van der Waals surface area contributed by atoms with Crippen molar-refractivity contribution in [1.82, 2.24) is 15.5 Å². The zero-order chi connectivity index (χ0) is 19.3. The van der Waals surface area contributed by atoms with Crippen LogP contribution in [0.15, 0.2) is 29.3 Å². The molecule has 0 aromatic heterocycles. The molecular formula is C20H34FIN4O2. The fraction of sp³-hybridized carbons (Fsp3) is 0.650. The van der Waals surface area contributed by atoms with Gasteiger partial charge in [0.1, 0.15) is 17.7 Å². The lowest BCUT2D eigenvalue weighted by Gasteiger charge is -2.26. The molecule has 1 fully saturated rings. The molecule has 8 heteroatoms. The number of guanidine groups is 1. The van der Waals surface area contributed by atoms with Gasteiger partial charge in [0.15, 0.2) is 5.96 Å². The molecule has 0 aliphatic carbocycles. The molecule has 2 N–H and O–H groups in total. The lowest BCUT2D eigenvalue weighted by molar-refractivity contribution is 0.0372. The molecule has 1 aliphatic heterocycles. The summed E-state index contributed by atoms with van der Waals surface area (Å²) >= 11 is 0. The van der Waals surface area contributed by atoms with E-state index in [1.807, 2.05) is 13.8 Å². The maximum absolute atomic E-state index is 13.2. The Morgan fingerprint density at radius 3 is 2.79 bits per heavy atom. The van der Waals surface area contributed by atoms with E-state index in [2.05, 4.69) is 20.5 Å². The molecule has 0 spiro atoms. The average molecular weight is 508 g/mol. The van der Waals surface area contributed by atoms with Crippen molar-refractivity contribution in [3.8, 4) is 5.75 Å². The molecule has 1 aliphatic rings. The maximum atomic E-state index is 13.2. The molecule has 0 saturated carbocycles. The summed E-state index contributed by atoms with van der Waals surface area (Å²) in [5.74, 6) is 1.02. The summed E-state index contributed by atoms with van der Waals surface area (Å²) in [5.41, 5.74) is 0. The van der Waals surface area contributed by atoms with Crippen LogP contribution in [0.5, 0.6) is 5.75 Å². The number of benzene rings is 1. The van der Waals surface area contributed by atoms with E-state index in [-0.39, 0.29) is 35.9 Å². The number of rotatable bonds is 10. The van der Waals surface area contributed by atoms with Gasteiger partial charge in [-0.2, -0.15) is 0 Å². The third-order valence-corrected chi connectivity index (χ3v) is 4.28. The second-order valence-corrected chi connectivity index (χ2v) is 6.69. The number of hydrogen-bond donors (Lipinski definition) is 2. The topological polar surface area (TPSA) is 58.1 Å². The van der Waals surface area contributed by atoms with Crippen LogP contribution >= 0.6 is 24.0 Å². The monoisotopic (exact) mass is 508 g/mol. The Labute approximate surface area is 185 Å². The Balaban J connectivity index is 0.00000392. The third-order valence-electron chi connectivity index (χ3n) is 4.28. The van der Waals surface area contributed by atoms with Crippen molar-refractivity contribution in [2.75, 3.05) is 52.5 Å².